The largest absolute Gasteiger partial charge is 0.380 e. The zero-order chi connectivity index (χ0) is 17.7. The van der Waals surface area contributed by atoms with E-state index < -0.39 is 5.41 Å². The first-order chi connectivity index (χ1) is 12.2. The van der Waals surface area contributed by atoms with Gasteiger partial charge in [-0.25, -0.2) is 0 Å². The monoisotopic (exact) mass is 340 g/mol. The molecule has 0 heterocycles. The Morgan fingerprint density at radius 1 is 0.880 bits per heavy atom. The summed E-state index contributed by atoms with van der Waals surface area (Å²) in [6.07, 6.45) is 4.20. The van der Waals surface area contributed by atoms with Gasteiger partial charge in [0.2, 0.25) is 0 Å². The van der Waals surface area contributed by atoms with Crippen LogP contribution in [-0.4, -0.2) is 32.2 Å². The third-order valence-corrected chi connectivity index (χ3v) is 5.08. The maximum atomic E-state index is 13.4. The molecule has 0 aliphatic heterocycles. The predicted octanol–water partition coefficient (Wildman–Crippen LogP) is 4.91. The van der Waals surface area contributed by atoms with E-state index in [2.05, 4.69) is 32.0 Å². The van der Waals surface area contributed by atoms with E-state index in [9.17, 15) is 4.79 Å². The molecule has 1 aliphatic carbocycles. The van der Waals surface area contributed by atoms with Crippen LogP contribution in [-0.2, 0) is 14.9 Å². The number of unbranched alkanes of at least 4 members (excludes halogenated alkanes) is 2. The molecule has 3 rings (SSSR count). The van der Waals surface area contributed by atoms with Gasteiger partial charge in [0.05, 0.1) is 13.2 Å². The van der Waals surface area contributed by atoms with Crippen LogP contribution >= 0.6 is 0 Å². The quantitative estimate of drug-likeness (QED) is 0.577. The number of rotatable bonds is 10. The molecule has 3 heteroatoms. The van der Waals surface area contributed by atoms with Crippen LogP contribution in [0.15, 0.2) is 36.4 Å². The Balaban J connectivity index is 1.93. The van der Waals surface area contributed by atoms with Gasteiger partial charge < -0.3 is 9.47 Å². The second-order valence-corrected chi connectivity index (χ2v) is 6.93. The van der Waals surface area contributed by atoms with Crippen molar-refractivity contribution < 1.29 is 14.3 Å². The van der Waals surface area contributed by atoms with E-state index in [0.29, 0.717) is 26.4 Å². The minimum atomic E-state index is -0.704. The highest BCUT2D eigenvalue weighted by Crippen LogP contribution is 2.43. The molecule has 0 saturated carbocycles. The maximum Gasteiger partial charge on any atom is 0.178 e. The van der Waals surface area contributed by atoms with Crippen LogP contribution < -0.4 is 0 Å². The van der Waals surface area contributed by atoms with Crippen molar-refractivity contribution in [1.82, 2.24) is 0 Å². The van der Waals surface area contributed by atoms with Crippen LogP contribution in [0.5, 0.6) is 0 Å². The Morgan fingerprint density at radius 3 is 2.08 bits per heavy atom. The highest BCUT2D eigenvalue weighted by molar-refractivity contribution is 6.20. The average molecular weight is 340 g/mol. The number of ether oxygens (including phenoxy) is 2. The van der Waals surface area contributed by atoms with Crippen molar-refractivity contribution in [3.63, 3.8) is 0 Å². The number of carbonyl (C=O) groups excluding carboxylic acids is 1. The molecule has 0 saturated heterocycles. The predicted molar refractivity (Wildman–Crippen MR) is 101 cm³/mol. The summed E-state index contributed by atoms with van der Waals surface area (Å²) < 4.78 is 11.9. The Hall–Kier alpha value is -1.71. The number of carbonyl (C=O) groups is 1. The van der Waals surface area contributed by atoms with Gasteiger partial charge >= 0.3 is 0 Å². The van der Waals surface area contributed by atoms with E-state index >= 15 is 0 Å². The molecular weight excluding hydrogens is 312 g/mol. The van der Waals surface area contributed by atoms with Gasteiger partial charge in [-0.05, 0) is 29.2 Å². The van der Waals surface area contributed by atoms with Crippen molar-refractivity contribution in [2.75, 3.05) is 26.4 Å². The molecule has 2 aromatic carbocycles. The minimum absolute atomic E-state index is 0.146. The topological polar surface area (TPSA) is 35.5 Å². The molecule has 0 bridgehead atoms. The molecule has 0 aromatic heterocycles. The summed E-state index contributed by atoms with van der Waals surface area (Å²) in [7, 11) is 0. The number of hydrogen-bond acceptors (Lipinski definition) is 3. The summed E-state index contributed by atoms with van der Waals surface area (Å²) in [5.74, 6) is 0.146. The lowest BCUT2D eigenvalue weighted by Gasteiger charge is -2.29. The molecule has 0 fully saturated rings. The molecule has 134 valence electrons. The summed E-state index contributed by atoms with van der Waals surface area (Å²) in [4.78, 5) is 13.4. The molecule has 3 nitrogen and oxygen atoms in total. The Labute approximate surface area is 150 Å². The van der Waals surface area contributed by atoms with Gasteiger partial charge in [-0.15, -0.1) is 0 Å². The fourth-order valence-electron chi connectivity index (χ4n) is 3.62. The maximum absolute atomic E-state index is 13.4. The average Bonchev–Trinajstić information content (AvgIpc) is 2.88. The smallest absolute Gasteiger partial charge is 0.178 e. The Morgan fingerprint density at radius 2 is 1.48 bits per heavy atom. The van der Waals surface area contributed by atoms with Crippen molar-refractivity contribution in [3.8, 4) is 0 Å². The third-order valence-electron chi connectivity index (χ3n) is 5.08. The van der Waals surface area contributed by atoms with Gasteiger partial charge in [0, 0.05) is 18.8 Å². The van der Waals surface area contributed by atoms with Gasteiger partial charge in [0.1, 0.15) is 5.41 Å². The second kappa shape index (κ2) is 8.11. The highest BCUT2D eigenvalue weighted by atomic mass is 16.5. The van der Waals surface area contributed by atoms with Crippen molar-refractivity contribution >= 4 is 16.6 Å². The van der Waals surface area contributed by atoms with Gasteiger partial charge in [-0.3, -0.25) is 4.79 Å². The zero-order valence-electron chi connectivity index (χ0n) is 15.3. The Bertz CT molecular complexity index is 718. The molecule has 0 amide bonds. The first kappa shape index (κ1) is 18.1. The van der Waals surface area contributed by atoms with E-state index in [1.165, 1.54) is 0 Å². The summed E-state index contributed by atoms with van der Waals surface area (Å²) in [5.41, 5.74) is 1.18. The van der Waals surface area contributed by atoms with E-state index in [1.54, 1.807) is 0 Å². The lowest BCUT2D eigenvalue weighted by molar-refractivity contribution is 0.0205. The first-order valence-electron chi connectivity index (χ1n) is 9.47. The molecule has 0 atom stereocenters. The number of ketones is 1. The SMILES string of the molecule is CCCCOCC1(COCCCC)C(=O)c2cccc3cccc1c23. The molecule has 0 spiro atoms. The molecule has 0 radical (unpaired) electrons. The van der Waals surface area contributed by atoms with Crippen LogP contribution in [0.1, 0.15) is 55.5 Å². The van der Waals surface area contributed by atoms with E-state index in [1.807, 2.05) is 18.2 Å². The van der Waals surface area contributed by atoms with E-state index in [-0.39, 0.29) is 5.78 Å². The van der Waals surface area contributed by atoms with Crippen molar-refractivity contribution in [1.29, 1.82) is 0 Å². The zero-order valence-corrected chi connectivity index (χ0v) is 15.3. The molecule has 2 aromatic rings. The molecule has 0 unspecified atom stereocenters. The summed E-state index contributed by atoms with van der Waals surface area (Å²) in [5, 5.41) is 2.19. The molecular formula is C22H28O3. The summed E-state index contributed by atoms with van der Waals surface area (Å²) in [6, 6.07) is 12.2. The lowest BCUT2D eigenvalue weighted by atomic mass is 9.81. The van der Waals surface area contributed by atoms with Gasteiger partial charge in [-0.2, -0.15) is 0 Å². The van der Waals surface area contributed by atoms with Crippen LogP contribution in [0.25, 0.3) is 10.8 Å². The second-order valence-electron chi connectivity index (χ2n) is 6.93. The summed E-state index contributed by atoms with van der Waals surface area (Å²) >= 11 is 0. The molecule has 1 aliphatic rings. The number of Topliss-reactive ketones (excluding diaryl/α,β-unsaturated/α-hetero) is 1. The molecule has 0 N–H and O–H groups in total. The molecule has 25 heavy (non-hydrogen) atoms. The fraction of sp³-hybridized carbons (Fsp3) is 0.500. The van der Waals surface area contributed by atoms with Crippen molar-refractivity contribution in [2.45, 2.75) is 44.9 Å². The van der Waals surface area contributed by atoms with Gasteiger partial charge in [-0.1, -0.05) is 63.1 Å². The van der Waals surface area contributed by atoms with Crippen molar-refractivity contribution in [2.24, 2.45) is 0 Å². The van der Waals surface area contributed by atoms with Crippen LogP contribution in [0.4, 0.5) is 0 Å². The van der Waals surface area contributed by atoms with Gasteiger partial charge in [0.25, 0.3) is 0 Å². The van der Waals surface area contributed by atoms with Gasteiger partial charge in [0.15, 0.2) is 5.78 Å². The minimum Gasteiger partial charge on any atom is -0.380 e. The van der Waals surface area contributed by atoms with Crippen LogP contribution in [0.3, 0.4) is 0 Å². The van der Waals surface area contributed by atoms with Crippen LogP contribution in [0, 0.1) is 0 Å². The fourth-order valence-corrected chi connectivity index (χ4v) is 3.62. The highest BCUT2D eigenvalue weighted by Gasteiger charge is 2.47. The van der Waals surface area contributed by atoms with E-state index in [4.69, 9.17) is 9.47 Å². The standard InChI is InChI=1S/C22H28O3/c1-3-5-13-24-15-22(16-25-14-6-4-2)19-12-8-10-17-9-7-11-18(20(17)19)21(22)23/h7-12H,3-6,13-16H2,1-2H3. The summed E-state index contributed by atoms with van der Waals surface area (Å²) in [6.45, 7) is 6.45. The normalized spacial score (nSPS) is 15.2. The Kier molecular flexibility index (Phi) is 5.87. The van der Waals surface area contributed by atoms with E-state index in [0.717, 1.165) is 47.6 Å². The van der Waals surface area contributed by atoms with Crippen LogP contribution in [0.2, 0.25) is 0 Å². The van der Waals surface area contributed by atoms with Crippen molar-refractivity contribution in [3.05, 3.63) is 47.5 Å². The lowest BCUT2D eigenvalue weighted by Crippen LogP contribution is -2.42. The number of hydrogen-bond donors (Lipinski definition) is 0. The third kappa shape index (κ3) is 3.36. The number of benzene rings is 2. The first-order valence-corrected chi connectivity index (χ1v) is 9.47.